The van der Waals surface area contributed by atoms with E-state index in [2.05, 4.69) is 15.2 Å². The van der Waals surface area contributed by atoms with Crippen LogP contribution in [0, 0.1) is 11.7 Å². The molecule has 7 heteroatoms. The largest absolute Gasteiger partial charge is 0.507 e. The van der Waals surface area contributed by atoms with Gasteiger partial charge in [0.1, 0.15) is 17.4 Å². The van der Waals surface area contributed by atoms with Crippen LogP contribution in [0.3, 0.4) is 0 Å². The summed E-state index contributed by atoms with van der Waals surface area (Å²) >= 11 is 0. The topological polar surface area (TPSA) is 78.4 Å². The van der Waals surface area contributed by atoms with Crippen molar-refractivity contribution in [1.82, 2.24) is 15.3 Å². The van der Waals surface area contributed by atoms with Crippen LogP contribution in [-0.2, 0) is 4.79 Å². The smallest absolute Gasteiger partial charge is 0.223 e. The van der Waals surface area contributed by atoms with Crippen LogP contribution < -0.4 is 10.2 Å². The first kappa shape index (κ1) is 17.8. The zero-order valence-corrected chi connectivity index (χ0v) is 15.8. The first-order valence-electron chi connectivity index (χ1n) is 9.89. The third-order valence-corrected chi connectivity index (χ3v) is 5.56. The lowest BCUT2D eigenvalue weighted by Gasteiger charge is -2.21. The molecule has 1 saturated carbocycles. The van der Waals surface area contributed by atoms with E-state index in [-0.39, 0.29) is 32.3 Å². The average Bonchev–Trinajstić information content (AvgIpc) is 3.47. The number of hydrogen-bond donors (Lipinski definition) is 2. The molecule has 29 heavy (non-hydrogen) atoms. The molecule has 6 nitrogen and oxygen atoms in total. The SMILES string of the molecule is O=C(N[C@H]1CCN(c2nc(-c3ccccc3O)nc3ccc(F)cc23)C1)C1CC1.[HH].[HH]. The van der Waals surface area contributed by atoms with Gasteiger partial charge in [-0.05, 0) is 49.6 Å². The van der Waals surface area contributed by atoms with Crippen LogP contribution >= 0.6 is 0 Å². The lowest BCUT2D eigenvalue weighted by Crippen LogP contribution is -2.38. The Balaban J connectivity index is 0.00000136. The summed E-state index contributed by atoms with van der Waals surface area (Å²) in [6, 6.07) is 11.4. The fraction of sp³-hybridized carbons (Fsp3) is 0.318. The molecular weight excluding hydrogens is 371 g/mol. The zero-order chi connectivity index (χ0) is 20.0. The van der Waals surface area contributed by atoms with E-state index in [0.717, 1.165) is 19.3 Å². The Morgan fingerprint density at radius 3 is 2.79 bits per heavy atom. The summed E-state index contributed by atoms with van der Waals surface area (Å²) in [7, 11) is 0. The highest BCUT2D eigenvalue weighted by molar-refractivity contribution is 5.91. The molecular formula is C22H25FN4O2. The normalized spacial score (nSPS) is 18.9. The highest BCUT2D eigenvalue weighted by Crippen LogP contribution is 2.33. The minimum Gasteiger partial charge on any atom is -0.507 e. The standard InChI is InChI=1S/C22H21FN4O2.2H2/c23-14-7-8-18-17(11-14)21(26-20(25-18)16-3-1-2-4-19(16)28)27-10-9-15(12-27)24-22(29)13-5-6-13;;/h1-4,7-8,11,13,15,28H,5-6,9-10,12H2,(H,24,29);2*1H/t15-;;/m0../s1. The van der Waals surface area contributed by atoms with Gasteiger partial charge in [0.15, 0.2) is 5.82 Å². The molecule has 1 aromatic heterocycles. The number of rotatable bonds is 4. The fourth-order valence-electron chi connectivity index (χ4n) is 3.84. The maximum Gasteiger partial charge on any atom is 0.223 e. The van der Waals surface area contributed by atoms with Gasteiger partial charge in [0, 0.05) is 33.3 Å². The van der Waals surface area contributed by atoms with Crippen molar-refractivity contribution in [2.24, 2.45) is 5.92 Å². The summed E-state index contributed by atoms with van der Waals surface area (Å²) in [5.41, 5.74) is 1.14. The van der Waals surface area contributed by atoms with Gasteiger partial charge in [0.2, 0.25) is 5.91 Å². The third kappa shape index (κ3) is 3.48. The summed E-state index contributed by atoms with van der Waals surface area (Å²) in [5.74, 6) is 1.06. The van der Waals surface area contributed by atoms with Crippen molar-refractivity contribution in [2.45, 2.75) is 25.3 Å². The summed E-state index contributed by atoms with van der Waals surface area (Å²) in [6.07, 6.45) is 2.76. The summed E-state index contributed by atoms with van der Waals surface area (Å²) in [5, 5.41) is 14.0. The number of phenolic OH excluding ortho intramolecular Hbond substituents is 1. The molecule has 0 radical (unpaired) electrons. The van der Waals surface area contributed by atoms with E-state index in [0.29, 0.717) is 41.2 Å². The number of amides is 1. The Morgan fingerprint density at radius 2 is 2.00 bits per heavy atom. The molecule has 1 amide bonds. The molecule has 0 spiro atoms. The lowest BCUT2D eigenvalue weighted by atomic mass is 10.1. The van der Waals surface area contributed by atoms with Crippen molar-refractivity contribution in [3.05, 3.63) is 48.3 Å². The van der Waals surface area contributed by atoms with Crippen molar-refractivity contribution in [3.63, 3.8) is 0 Å². The van der Waals surface area contributed by atoms with Crippen LogP contribution in [0.2, 0.25) is 0 Å². The monoisotopic (exact) mass is 396 g/mol. The maximum atomic E-state index is 14.0. The van der Waals surface area contributed by atoms with Crippen molar-refractivity contribution in [1.29, 1.82) is 0 Å². The first-order chi connectivity index (χ1) is 14.1. The second-order valence-corrected chi connectivity index (χ2v) is 7.76. The molecule has 1 aliphatic carbocycles. The summed E-state index contributed by atoms with van der Waals surface area (Å²) in [6.45, 7) is 1.32. The van der Waals surface area contributed by atoms with E-state index in [4.69, 9.17) is 4.98 Å². The third-order valence-electron chi connectivity index (χ3n) is 5.56. The number of aromatic hydroxyl groups is 1. The number of phenols is 1. The van der Waals surface area contributed by atoms with Gasteiger partial charge in [-0.2, -0.15) is 0 Å². The molecule has 2 aromatic carbocycles. The Morgan fingerprint density at radius 1 is 1.17 bits per heavy atom. The number of halogens is 1. The molecule has 1 saturated heterocycles. The zero-order valence-electron chi connectivity index (χ0n) is 15.8. The number of carbonyl (C=O) groups is 1. The number of benzene rings is 2. The Hall–Kier alpha value is -3.22. The quantitative estimate of drug-likeness (QED) is 0.702. The van der Waals surface area contributed by atoms with Crippen molar-refractivity contribution in [3.8, 4) is 17.1 Å². The number of nitrogens with zero attached hydrogens (tertiary/aromatic N) is 3. The molecule has 152 valence electrons. The number of fused-ring (bicyclic) bond motifs is 1. The van der Waals surface area contributed by atoms with Gasteiger partial charge in [0.05, 0.1) is 11.1 Å². The van der Waals surface area contributed by atoms with E-state index in [9.17, 15) is 14.3 Å². The second-order valence-electron chi connectivity index (χ2n) is 7.76. The molecule has 2 aliphatic rings. The fourth-order valence-corrected chi connectivity index (χ4v) is 3.84. The Bertz CT molecular complexity index is 1110. The molecule has 3 aromatic rings. The molecule has 0 bridgehead atoms. The number of aromatic nitrogens is 2. The van der Waals surface area contributed by atoms with Crippen molar-refractivity contribution < 1.29 is 17.1 Å². The van der Waals surface area contributed by atoms with E-state index in [1.54, 1.807) is 24.3 Å². The predicted molar refractivity (Wildman–Crippen MR) is 112 cm³/mol. The van der Waals surface area contributed by atoms with Gasteiger partial charge >= 0.3 is 0 Å². The number of carbonyl (C=O) groups excluding carboxylic acids is 1. The summed E-state index contributed by atoms with van der Waals surface area (Å²) < 4.78 is 14.0. The molecule has 1 aliphatic heterocycles. The van der Waals surface area contributed by atoms with Gasteiger partial charge in [-0.3, -0.25) is 4.79 Å². The van der Waals surface area contributed by atoms with Gasteiger partial charge in [-0.1, -0.05) is 12.1 Å². The van der Waals surface area contributed by atoms with Crippen LogP contribution in [0.15, 0.2) is 42.5 Å². The second kappa shape index (κ2) is 6.99. The predicted octanol–water partition coefficient (Wildman–Crippen LogP) is 3.74. The number of hydrogen-bond acceptors (Lipinski definition) is 5. The van der Waals surface area contributed by atoms with Crippen LogP contribution in [0.4, 0.5) is 10.2 Å². The van der Waals surface area contributed by atoms with Gasteiger partial charge in [0.25, 0.3) is 0 Å². The van der Waals surface area contributed by atoms with Crippen molar-refractivity contribution in [2.75, 3.05) is 18.0 Å². The van der Waals surface area contributed by atoms with Crippen LogP contribution in [0.25, 0.3) is 22.3 Å². The van der Waals surface area contributed by atoms with E-state index >= 15 is 0 Å². The van der Waals surface area contributed by atoms with E-state index < -0.39 is 0 Å². The molecule has 2 N–H and O–H groups in total. The van der Waals surface area contributed by atoms with Gasteiger partial charge in [-0.15, -0.1) is 0 Å². The lowest BCUT2D eigenvalue weighted by molar-refractivity contribution is -0.122. The maximum absolute atomic E-state index is 14.0. The number of nitrogens with one attached hydrogen (secondary N) is 1. The average molecular weight is 396 g/mol. The molecule has 1 atom stereocenters. The molecule has 0 unspecified atom stereocenters. The van der Waals surface area contributed by atoms with Crippen molar-refractivity contribution >= 4 is 22.6 Å². The highest BCUT2D eigenvalue weighted by atomic mass is 19.1. The van der Waals surface area contributed by atoms with Crippen LogP contribution in [-0.4, -0.2) is 40.1 Å². The first-order valence-corrected chi connectivity index (χ1v) is 9.89. The number of anilines is 1. The van der Waals surface area contributed by atoms with Crippen LogP contribution in [0.5, 0.6) is 5.75 Å². The van der Waals surface area contributed by atoms with E-state index in [1.165, 1.54) is 12.1 Å². The Kier molecular flexibility index (Phi) is 4.30. The summed E-state index contributed by atoms with van der Waals surface area (Å²) in [4.78, 5) is 23.4. The minimum absolute atomic E-state index is 0. The van der Waals surface area contributed by atoms with E-state index in [1.807, 2.05) is 6.07 Å². The molecule has 5 rings (SSSR count). The Labute approximate surface area is 170 Å². The number of para-hydroxylation sites is 1. The highest BCUT2D eigenvalue weighted by Gasteiger charge is 2.33. The minimum atomic E-state index is -0.351. The van der Waals surface area contributed by atoms with Gasteiger partial charge in [-0.25, -0.2) is 14.4 Å². The van der Waals surface area contributed by atoms with Gasteiger partial charge < -0.3 is 15.3 Å². The van der Waals surface area contributed by atoms with Crippen LogP contribution in [0.1, 0.15) is 22.1 Å². The molecule has 2 fully saturated rings. The molecule has 2 heterocycles.